The van der Waals surface area contributed by atoms with Crippen molar-refractivity contribution in [2.75, 3.05) is 0 Å². The average molecular weight is 238 g/mol. The summed E-state index contributed by atoms with van der Waals surface area (Å²) in [6.45, 7) is 1.75. The first-order valence-corrected chi connectivity index (χ1v) is 5.25. The number of rotatable bonds is 3. The Morgan fingerprint density at radius 1 is 1.24 bits per heavy atom. The molecule has 0 saturated carbocycles. The molecule has 0 aliphatic rings. The molecule has 1 aromatic carbocycles. The van der Waals surface area contributed by atoms with Crippen LogP contribution in [0.2, 0.25) is 0 Å². The summed E-state index contributed by atoms with van der Waals surface area (Å²) in [5.74, 6) is -0.815. The molecule has 2 rings (SSSR count). The van der Waals surface area contributed by atoms with Crippen molar-refractivity contribution in [1.29, 1.82) is 0 Å². The van der Waals surface area contributed by atoms with Gasteiger partial charge in [0.05, 0.1) is 0 Å². The number of hydrogen-bond acceptors (Lipinski definition) is 2. The molecule has 0 bridgehead atoms. The second kappa shape index (κ2) is 4.67. The van der Waals surface area contributed by atoms with Crippen LogP contribution >= 0.6 is 0 Å². The van der Waals surface area contributed by atoms with Crippen molar-refractivity contribution in [3.05, 3.63) is 59.1 Å². The van der Waals surface area contributed by atoms with Gasteiger partial charge in [0.25, 0.3) is 0 Å². The Hall–Kier alpha value is -1.68. The summed E-state index contributed by atoms with van der Waals surface area (Å²) in [4.78, 5) is 0. The SMILES string of the molecule is Cc1ccc(C(O)Cc2cccc(F)c2F)o1. The summed E-state index contributed by atoms with van der Waals surface area (Å²) in [7, 11) is 0. The molecule has 0 fully saturated rings. The molecule has 2 aromatic rings. The summed E-state index contributed by atoms with van der Waals surface area (Å²) in [5, 5.41) is 9.82. The third kappa shape index (κ3) is 2.53. The summed E-state index contributed by atoms with van der Waals surface area (Å²) < 4.78 is 31.5. The fraction of sp³-hybridized carbons (Fsp3) is 0.231. The van der Waals surface area contributed by atoms with Gasteiger partial charge in [0.2, 0.25) is 0 Å². The smallest absolute Gasteiger partial charge is 0.162 e. The van der Waals surface area contributed by atoms with Crippen LogP contribution in [0.5, 0.6) is 0 Å². The van der Waals surface area contributed by atoms with Crippen LogP contribution < -0.4 is 0 Å². The van der Waals surface area contributed by atoms with E-state index in [4.69, 9.17) is 4.42 Å². The topological polar surface area (TPSA) is 33.4 Å². The van der Waals surface area contributed by atoms with Gasteiger partial charge in [0.1, 0.15) is 17.6 Å². The lowest BCUT2D eigenvalue weighted by Crippen LogP contribution is -2.03. The highest BCUT2D eigenvalue weighted by Gasteiger charge is 2.16. The number of benzene rings is 1. The van der Waals surface area contributed by atoms with Gasteiger partial charge in [-0.3, -0.25) is 0 Å². The van der Waals surface area contributed by atoms with Crippen LogP contribution in [0.4, 0.5) is 8.78 Å². The van der Waals surface area contributed by atoms with Crippen LogP contribution in [0.25, 0.3) is 0 Å². The largest absolute Gasteiger partial charge is 0.464 e. The Labute approximate surface area is 97.5 Å². The van der Waals surface area contributed by atoms with Gasteiger partial charge in [-0.2, -0.15) is 0 Å². The van der Waals surface area contributed by atoms with Crippen molar-refractivity contribution in [3.63, 3.8) is 0 Å². The van der Waals surface area contributed by atoms with Gasteiger partial charge in [-0.05, 0) is 30.7 Å². The molecule has 0 spiro atoms. The van der Waals surface area contributed by atoms with E-state index in [1.807, 2.05) is 0 Å². The van der Waals surface area contributed by atoms with Crippen molar-refractivity contribution >= 4 is 0 Å². The first-order valence-electron chi connectivity index (χ1n) is 5.25. The number of aliphatic hydroxyl groups excluding tert-OH is 1. The van der Waals surface area contributed by atoms with Crippen LogP contribution in [0.15, 0.2) is 34.7 Å². The van der Waals surface area contributed by atoms with Crippen molar-refractivity contribution in [2.45, 2.75) is 19.4 Å². The Kier molecular flexibility index (Phi) is 3.24. The van der Waals surface area contributed by atoms with Crippen molar-refractivity contribution in [1.82, 2.24) is 0 Å². The molecule has 0 amide bonds. The van der Waals surface area contributed by atoms with E-state index in [1.54, 1.807) is 19.1 Å². The molecule has 1 unspecified atom stereocenters. The van der Waals surface area contributed by atoms with Crippen LogP contribution in [-0.4, -0.2) is 5.11 Å². The minimum atomic E-state index is -0.972. The molecule has 17 heavy (non-hydrogen) atoms. The second-order valence-corrected chi connectivity index (χ2v) is 3.88. The lowest BCUT2D eigenvalue weighted by Gasteiger charge is -2.08. The molecular formula is C13H12F2O2. The second-order valence-electron chi connectivity index (χ2n) is 3.88. The summed E-state index contributed by atoms with van der Waals surface area (Å²) in [6, 6.07) is 7.23. The van der Waals surface area contributed by atoms with E-state index in [1.165, 1.54) is 12.1 Å². The van der Waals surface area contributed by atoms with Crippen LogP contribution in [-0.2, 0) is 6.42 Å². The predicted octanol–water partition coefficient (Wildman–Crippen LogP) is 3.14. The normalized spacial score (nSPS) is 12.7. The first kappa shape index (κ1) is 11.8. The van der Waals surface area contributed by atoms with Gasteiger partial charge in [-0.25, -0.2) is 8.78 Å². The molecule has 0 radical (unpaired) electrons. The minimum absolute atomic E-state index is 0.0173. The molecule has 0 aliphatic heterocycles. The van der Waals surface area contributed by atoms with Gasteiger partial charge in [0, 0.05) is 6.42 Å². The maximum atomic E-state index is 13.4. The zero-order valence-electron chi connectivity index (χ0n) is 9.28. The third-order valence-electron chi connectivity index (χ3n) is 2.53. The summed E-state index contributed by atoms with van der Waals surface area (Å²) >= 11 is 0. The van der Waals surface area contributed by atoms with Crippen LogP contribution in [0.1, 0.15) is 23.2 Å². The van der Waals surface area contributed by atoms with Gasteiger partial charge < -0.3 is 9.52 Å². The first-order chi connectivity index (χ1) is 8.08. The zero-order valence-corrected chi connectivity index (χ0v) is 9.28. The van der Waals surface area contributed by atoms with Crippen LogP contribution in [0.3, 0.4) is 0 Å². The quantitative estimate of drug-likeness (QED) is 0.891. The van der Waals surface area contributed by atoms with E-state index < -0.39 is 17.7 Å². The Balaban J connectivity index is 2.18. The molecule has 0 saturated heterocycles. The van der Waals surface area contributed by atoms with Gasteiger partial charge in [0.15, 0.2) is 11.6 Å². The summed E-state index contributed by atoms with van der Waals surface area (Å²) in [6.07, 6.45) is -0.990. The van der Waals surface area contributed by atoms with Gasteiger partial charge >= 0.3 is 0 Å². The fourth-order valence-electron chi connectivity index (χ4n) is 1.65. The number of aliphatic hydroxyl groups is 1. The third-order valence-corrected chi connectivity index (χ3v) is 2.53. The molecule has 1 atom stereocenters. The molecule has 1 aromatic heterocycles. The van der Waals surface area contributed by atoms with Crippen molar-refractivity contribution in [3.8, 4) is 0 Å². The lowest BCUT2D eigenvalue weighted by atomic mass is 10.1. The highest BCUT2D eigenvalue weighted by Crippen LogP contribution is 2.22. The maximum Gasteiger partial charge on any atom is 0.162 e. The minimum Gasteiger partial charge on any atom is -0.464 e. The van der Waals surface area contributed by atoms with E-state index in [0.717, 1.165) is 6.07 Å². The van der Waals surface area contributed by atoms with Crippen molar-refractivity contribution < 1.29 is 18.3 Å². The number of aryl methyl sites for hydroxylation is 1. The van der Waals surface area contributed by atoms with E-state index in [9.17, 15) is 13.9 Å². The Morgan fingerprint density at radius 3 is 2.65 bits per heavy atom. The van der Waals surface area contributed by atoms with E-state index >= 15 is 0 Å². The van der Waals surface area contributed by atoms with E-state index in [0.29, 0.717) is 11.5 Å². The molecule has 1 N–H and O–H groups in total. The van der Waals surface area contributed by atoms with Gasteiger partial charge in [-0.15, -0.1) is 0 Å². The predicted molar refractivity (Wildman–Crippen MR) is 58.5 cm³/mol. The molecular weight excluding hydrogens is 226 g/mol. The maximum absolute atomic E-state index is 13.4. The van der Waals surface area contributed by atoms with E-state index in [-0.39, 0.29) is 12.0 Å². The van der Waals surface area contributed by atoms with Gasteiger partial charge in [-0.1, -0.05) is 12.1 Å². The fourth-order valence-corrected chi connectivity index (χ4v) is 1.65. The monoisotopic (exact) mass is 238 g/mol. The Morgan fingerprint density at radius 2 is 2.00 bits per heavy atom. The molecule has 90 valence electrons. The molecule has 2 nitrogen and oxygen atoms in total. The number of hydrogen-bond donors (Lipinski definition) is 1. The zero-order chi connectivity index (χ0) is 12.4. The molecule has 0 aliphatic carbocycles. The average Bonchev–Trinajstić information content (AvgIpc) is 2.72. The van der Waals surface area contributed by atoms with Crippen molar-refractivity contribution in [2.24, 2.45) is 0 Å². The highest BCUT2D eigenvalue weighted by molar-refractivity contribution is 5.21. The standard InChI is InChI=1S/C13H12F2O2/c1-8-5-6-12(17-8)11(16)7-9-3-2-4-10(14)13(9)15/h2-6,11,16H,7H2,1H3. The number of halogens is 2. The summed E-state index contributed by atoms with van der Waals surface area (Å²) in [5.41, 5.74) is 0.131. The van der Waals surface area contributed by atoms with E-state index in [2.05, 4.69) is 0 Å². The Bertz CT molecular complexity index is 520. The molecule has 1 heterocycles. The van der Waals surface area contributed by atoms with Crippen LogP contribution in [0, 0.1) is 18.6 Å². The lowest BCUT2D eigenvalue weighted by molar-refractivity contribution is 0.147. The number of furan rings is 1. The highest BCUT2D eigenvalue weighted by atomic mass is 19.2. The molecule has 4 heteroatoms.